The van der Waals surface area contributed by atoms with Crippen molar-refractivity contribution < 1.29 is 97.8 Å². The SMILES string of the molecule is C[C@@H](NC(=O)[C@@H](N)Cc1ccc(O)cc1)C(=O)N[C@@H](Cc1ccccc1)C(=O)NCC(=O)N[C@@H](Cc1ccc(O)cc1)C(=O)N1CCC[C@H]1C(=O)N[C@@H](CO)C(=O)NCCNC(=O)[C@H](CO)NC(=O)[C@@H]1CCCN1C(=O)[C@H](Cc1ccc(O)cc1)NC(=O)CNC(=O)[C@H](Cc1ccccc1)NC(=O)[C@@H](C)NC(=O)[C@@H](N)Cc1ccc(O)cc1. The second kappa shape index (κ2) is 44.7. The first kappa shape index (κ1) is 90.5. The Hall–Kier alpha value is -13.1. The number of aromatic hydroxyl groups is 4. The van der Waals surface area contributed by atoms with Crippen molar-refractivity contribution in [1.29, 1.82) is 0 Å². The van der Waals surface area contributed by atoms with Gasteiger partial charge in [-0.3, -0.25) is 67.1 Å². The highest BCUT2D eigenvalue weighted by Crippen LogP contribution is 2.24. The van der Waals surface area contributed by atoms with E-state index in [9.17, 15) is 97.8 Å². The fourth-order valence-corrected chi connectivity index (χ4v) is 13.2. The van der Waals surface area contributed by atoms with Crippen LogP contribution in [-0.4, -0.2) is 248 Å². The summed E-state index contributed by atoms with van der Waals surface area (Å²) in [6.07, 6.45) is 0.460. The van der Waals surface area contributed by atoms with E-state index < -0.39 is 182 Å². The Morgan fingerprint density at radius 3 is 0.941 bits per heavy atom. The first-order chi connectivity index (χ1) is 56.4. The molecular formula is C82H102N16O20. The summed E-state index contributed by atoms with van der Waals surface area (Å²) >= 11 is 0. The highest BCUT2D eigenvalue weighted by molar-refractivity contribution is 5.99. The van der Waals surface area contributed by atoms with Crippen molar-refractivity contribution in [3.05, 3.63) is 191 Å². The molecule has 118 heavy (non-hydrogen) atoms. The van der Waals surface area contributed by atoms with Crippen LogP contribution in [0.4, 0.5) is 0 Å². The molecule has 6 aromatic rings. The van der Waals surface area contributed by atoms with Crippen LogP contribution in [0.25, 0.3) is 0 Å². The predicted octanol–water partition coefficient (Wildman–Crippen LogP) is -3.73. The van der Waals surface area contributed by atoms with Gasteiger partial charge < -0.3 is 116 Å². The Kier molecular flexibility index (Phi) is 34.3. The van der Waals surface area contributed by atoms with E-state index >= 15 is 0 Å². The van der Waals surface area contributed by atoms with Crippen LogP contribution >= 0.6 is 0 Å². The van der Waals surface area contributed by atoms with E-state index in [-0.39, 0.29) is 113 Å². The lowest BCUT2D eigenvalue weighted by Crippen LogP contribution is -2.59. The van der Waals surface area contributed by atoms with Crippen LogP contribution in [0.1, 0.15) is 72.9 Å². The summed E-state index contributed by atoms with van der Waals surface area (Å²) in [6.45, 7) is -1.16. The molecule has 36 nitrogen and oxygen atoms in total. The zero-order valence-electron chi connectivity index (χ0n) is 65.1. The van der Waals surface area contributed by atoms with Crippen molar-refractivity contribution in [2.75, 3.05) is 52.5 Å². The molecule has 22 N–H and O–H groups in total. The number of hydrogen-bond donors (Lipinski definition) is 20. The van der Waals surface area contributed by atoms with E-state index in [1.54, 1.807) is 84.9 Å². The molecule has 0 radical (unpaired) electrons. The first-order valence-electron chi connectivity index (χ1n) is 38.5. The van der Waals surface area contributed by atoms with Crippen LogP contribution in [0.2, 0.25) is 0 Å². The lowest BCUT2D eigenvalue weighted by Gasteiger charge is -2.30. The average molecular weight is 1630 g/mol. The van der Waals surface area contributed by atoms with Gasteiger partial charge in [-0.25, -0.2) is 0 Å². The fraction of sp³-hybridized carbons (Fsp3) is 0.390. The monoisotopic (exact) mass is 1630 g/mol. The summed E-state index contributed by atoms with van der Waals surface area (Å²) in [6, 6.07) is 25.2. The largest absolute Gasteiger partial charge is 0.508 e. The quantitative estimate of drug-likeness (QED) is 0.0164. The van der Waals surface area contributed by atoms with E-state index in [0.717, 1.165) is 0 Å². The normalized spacial score (nSPS) is 16.2. The highest BCUT2D eigenvalue weighted by Gasteiger charge is 2.42. The summed E-state index contributed by atoms with van der Waals surface area (Å²) in [4.78, 5) is 196. The standard InChI is InChI=1S/C82H102N16O20/c1-47(89-73(109)59(83)37-51-17-25-55(101)26-18-51)71(107)93-61(39-49-11-5-3-6-12-49)75(111)87-43-69(105)91-63(41-53-21-29-57(103)30-22-53)81(117)97-35-9-15-67(97)79(115)95-65(45-99)77(113)85-33-34-86-78(114)66(46-100)96-80(116)68-16-10-36-98(68)82(118)64(42-54-23-31-58(104)32-24-54)92-70(106)44-88-76(112)62(40-50-13-7-4-8-14-50)94-72(108)48(2)90-74(110)60(84)38-52-19-27-56(102)28-20-52/h3-8,11-14,17-32,47-48,59-68,99-104H,9-10,15-16,33-46,83-84H2,1-2H3,(H,85,113)(H,86,114)(H,87,111)(H,88,112)(H,89,109)(H,90,110)(H,91,105)(H,92,106)(H,93,107)(H,94,108)(H,95,115)(H,96,116)/t47-,48-,59+,60+,61+,62+,63+,64+,65+,66+,67+,68+/m1/s1. The third-order valence-corrected chi connectivity index (χ3v) is 19.7. The van der Waals surface area contributed by atoms with Gasteiger partial charge in [0.2, 0.25) is 82.7 Å². The summed E-state index contributed by atoms with van der Waals surface area (Å²) in [5.74, 6) is -11.4. The minimum Gasteiger partial charge on any atom is -0.508 e. The zero-order chi connectivity index (χ0) is 85.5. The minimum absolute atomic E-state index is 0.00785. The van der Waals surface area contributed by atoms with Gasteiger partial charge in [0.1, 0.15) is 83.4 Å². The number of carbonyl (C=O) groups is 14. The summed E-state index contributed by atoms with van der Waals surface area (Å²) in [7, 11) is 0. The van der Waals surface area contributed by atoms with Crippen molar-refractivity contribution in [3.8, 4) is 23.0 Å². The second-order valence-corrected chi connectivity index (χ2v) is 28.8. The number of nitrogens with one attached hydrogen (secondary N) is 12. The number of aliphatic hydroxyl groups excluding tert-OH is 2. The van der Waals surface area contributed by atoms with Crippen LogP contribution in [0, 0.1) is 0 Å². The molecule has 630 valence electrons. The molecule has 2 saturated heterocycles. The minimum atomic E-state index is -1.61. The number of nitrogens with two attached hydrogens (primary N) is 2. The van der Waals surface area contributed by atoms with Gasteiger partial charge >= 0.3 is 0 Å². The molecule has 0 saturated carbocycles. The Bertz CT molecular complexity index is 4180. The van der Waals surface area contributed by atoms with Crippen LogP contribution in [0.5, 0.6) is 23.0 Å². The number of likely N-dealkylation sites (tertiary alicyclic amines) is 2. The van der Waals surface area contributed by atoms with Crippen LogP contribution in [0.3, 0.4) is 0 Å². The van der Waals surface area contributed by atoms with Crippen LogP contribution in [-0.2, 0) is 106 Å². The number of aliphatic hydroxyl groups is 2. The van der Waals surface area contributed by atoms with E-state index in [1.165, 1.54) is 96.4 Å². The van der Waals surface area contributed by atoms with Crippen molar-refractivity contribution in [1.82, 2.24) is 73.6 Å². The molecule has 0 unspecified atom stereocenters. The molecule has 0 spiro atoms. The molecule has 12 atom stereocenters. The molecule has 8 rings (SSSR count). The first-order valence-corrected chi connectivity index (χ1v) is 38.5. The van der Waals surface area contributed by atoms with Crippen LogP contribution < -0.4 is 75.3 Å². The maximum Gasteiger partial charge on any atom is 0.246 e. The zero-order valence-corrected chi connectivity index (χ0v) is 65.1. The third kappa shape index (κ3) is 27.9. The molecule has 6 aromatic carbocycles. The van der Waals surface area contributed by atoms with Gasteiger partial charge in [0.25, 0.3) is 0 Å². The van der Waals surface area contributed by atoms with Crippen molar-refractivity contribution in [3.63, 3.8) is 0 Å². The summed E-state index contributed by atoms with van der Waals surface area (Å²) < 4.78 is 0. The number of rotatable bonds is 41. The smallest absolute Gasteiger partial charge is 0.246 e. The summed E-state index contributed by atoms with van der Waals surface area (Å²) in [5, 5.41) is 90.6. The van der Waals surface area contributed by atoms with Gasteiger partial charge in [-0.2, -0.15) is 0 Å². The van der Waals surface area contributed by atoms with Gasteiger partial charge in [0, 0.05) is 51.9 Å². The number of phenols is 4. The fourth-order valence-electron chi connectivity index (χ4n) is 13.2. The molecule has 0 bridgehead atoms. The maximum atomic E-state index is 14.6. The van der Waals surface area contributed by atoms with Gasteiger partial charge in [0.05, 0.1) is 38.4 Å². The van der Waals surface area contributed by atoms with E-state index in [4.69, 9.17) is 11.5 Å². The van der Waals surface area contributed by atoms with Gasteiger partial charge in [-0.15, -0.1) is 0 Å². The molecule has 2 aliphatic rings. The van der Waals surface area contributed by atoms with Gasteiger partial charge in [-0.1, -0.05) is 109 Å². The lowest BCUT2D eigenvalue weighted by atomic mass is 10.0. The number of hydrogen-bond acceptors (Lipinski definition) is 22. The maximum absolute atomic E-state index is 14.6. The second-order valence-electron chi connectivity index (χ2n) is 28.8. The molecule has 0 aromatic heterocycles. The Labute approximate surface area is 679 Å². The predicted molar refractivity (Wildman–Crippen MR) is 426 cm³/mol. The summed E-state index contributed by atoms with van der Waals surface area (Å²) in [5.41, 5.74) is 15.8. The molecule has 0 aliphatic carbocycles. The number of benzene rings is 6. The van der Waals surface area contributed by atoms with Gasteiger partial charge in [-0.05, 0) is 134 Å². The van der Waals surface area contributed by atoms with Crippen molar-refractivity contribution in [2.24, 2.45) is 11.5 Å². The molecule has 2 aliphatic heterocycles. The Balaban J connectivity index is 0.817. The number of nitrogens with zero attached hydrogens (tertiary/aromatic N) is 2. The van der Waals surface area contributed by atoms with E-state index in [1.807, 2.05) is 0 Å². The van der Waals surface area contributed by atoms with E-state index in [0.29, 0.717) is 33.4 Å². The topological polar surface area (TPSA) is 563 Å². The van der Waals surface area contributed by atoms with Crippen LogP contribution in [0.15, 0.2) is 158 Å². The van der Waals surface area contributed by atoms with Gasteiger partial charge in [0.15, 0.2) is 0 Å². The molecular weight excluding hydrogens is 1530 g/mol. The Morgan fingerprint density at radius 2 is 0.627 bits per heavy atom. The molecule has 14 amide bonds. The third-order valence-electron chi connectivity index (χ3n) is 19.7. The van der Waals surface area contributed by atoms with Crippen molar-refractivity contribution in [2.45, 2.75) is 151 Å². The van der Waals surface area contributed by atoms with E-state index in [2.05, 4.69) is 63.8 Å². The number of phenolic OH excluding ortho intramolecular Hbond substituents is 4. The molecule has 2 heterocycles. The Morgan fingerprint density at radius 1 is 0.339 bits per heavy atom. The number of carbonyl (C=O) groups excluding carboxylic acids is 14. The lowest BCUT2D eigenvalue weighted by molar-refractivity contribution is -0.142. The molecule has 36 heteroatoms. The number of amides is 14. The average Bonchev–Trinajstić information content (AvgIpc) is 1.66. The highest BCUT2D eigenvalue weighted by atomic mass is 16.3. The van der Waals surface area contributed by atoms with Crippen molar-refractivity contribution >= 4 is 82.7 Å². The molecule has 2 fully saturated rings.